The van der Waals surface area contributed by atoms with E-state index in [1.54, 1.807) is 6.92 Å². The Kier molecular flexibility index (Phi) is 8.52. The summed E-state index contributed by atoms with van der Waals surface area (Å²) < 4.78 is 4.78. The Bertz CT molecular complexity index is 319. The van der Waals surface area contributed by atoms with Crippen molar-refractivity contribution in [1.82, 2.24) is 10.2 Å². The summed E-state index contributed by atoms with van der Waals surface area (Å²) in [6.45, 7) is 2.46. The van der Waals surface area contributed by atoms with Crippen LogP contribution in [0.25, 0.3) is 0 Å². The van der Waals surface area contributed by atoms with Crippen LogP contribution in [-0.4, -0.2) is 61.6 Å². The zero-order valence-corrected chi connectivity index (χ0v) is 11.6. The number of amides is 2. The highest BCUT2D eigenvalue weighted by molar-refractivity contribution is 5.84. The maximum Gasteiger partial charge on any atom is 0.303 e. The second kappa shape index (κ2) is 9.32. The Hall–Kier alpha value is -1.63. The van der Waals surface area contributed by atoms with Gasteiger partial charge in [0.2, 0.25) is 11.8 Å². The first-order chi connectivity index (χ1) is 8.86. The lowest BCUT2D eigenvalue weighted by atomic mass is 10.0. The molecule has 1 atom stereocenters. The molecule has 0 aliphatic rings. The SMILES string of the molecule is COCCNC(=O)CN(C)C(=O)CC(C)CC(=O)O. The van der Waals surface area contributed by atoms with Gasteiger partial charge in [0.1, 0.15) is 0 Å². The summed E-state index contributed by atoms with van der Waals surface area (Å²) >= 11 is 0. The van der Waals surface area contributed by atoms with E-state index in [1.807, 2.05) is 0 Å². The van der Waals surface area contributed by atoms with Crippen LogP contribution in [-0.2, 0) is 19.1 Å². The summed E-state index contributed by atoms with van der Waals surface area (Å²) in [5, 5.41) is 11.2. The number of carbonyl (C=O) groups is 3. The lowest BCUT2D eigenvalue weighted by molar-refractivity contribution is -0.139. The van der Waals surface area contributed by atoms with Crippen molar-refractivity contribution in [2.75, 3.05) is 33.9 Å². The third kappa shape index (κ3) is 9.01. The molecule has 0 aliphatic carbocycles. The van der Waals surface area contributed by atoms with Crippen molar-refractivity contribution in [3.8, 4) is 0 Å². The number of hydrogen-bond acceptors (Lipinski definition) is 4. The van der Waals surface area contributed by atoms with Gasteiger partial charge in [0.25, 0.3) is 0 Å². The van der Waals surface area contributed by atoms with E-state index in [0.717, 1.165) is 0 Å². The van der Waals surface area contributed by atoms with Gasteiger partial charge in [0.15, 0.2) is 0 Å². The molecule has 0 aromatic heterocycles. The van der Waals surface area contributed by atoms with E-state index in [0.29, 0.717) is 13.2 Å². The number of aliphatic carboxylic acids is 1. The summed E-state index contributed by atoms with van der Waals surface area (Å²) in [5.74, 6) is -1.68. The molecule has 0 saturated heterocycles. The second-order valence-corrected chi connectivity index (χ2v) is 4.50. The van der Waals surface area contributed by atoms with Crippen LogP contribution < -0.4 is 5.32 Å². The molecule has 0 heterocycles. The van der Waals surface area contributed by atoms with Crippen molar-refractivity contribution in [2.45, 2.75) is 19.8 Å². The number of nitrogens with one attached hydrogen (secondary N) is 1. The van der Waals surface area contributed by atoms with Crippen LogP contribution in [0.15, 0.2) is 0 Å². The molecular formula is C12H22N2O5. The minimum absolute atomic E-state index is 0.0393. The second-order valence-electron chi connectivity index (χ2n) is 4.50. The molecule has 2 amide bonds. The molecule has 2 N–H and O–H groups in total. The van der Waals surface area contributed by atoms with Gasteiger partial charge in [-0.15, -0.1) is 0 Å². The lowest BCUT2D eigenvalue weighted by Gasteiger charge is -2.18. The van der Waals surface area contributed by atoms with Crippen molar-refractivity contribution in [3.63, 3.8) is 0 Å². The number of hydrogen-bond donors (Lipinski definition) is 2. The number of carboxylic acid groups (broad SMARTS) is 1. The molecule has 7 nitrogen and oxygen atoms in total. The predicted octanol–water partition coefficient (Wildman–Crippen LogP) is -0.292. The highest BCUT2D eigenvalue weighted by Gasteiger charge is 2.17. The van der Waals surface area contributed by atoms with E-state index < -0.39 is 5.97 Å². The molecule has 0 bridgehead atoms. The Morgan fingerprint density at radius 3 is 2.47 bits per heavy atom. The Morgan fingerprint density at radius 1 is 1.32 bits per heavy atom. The van der Waals surface area contributed by atoms with Crippen LogP contribution in [0.2, 0.25) is 0 Å². The molecule has 0 saturated carbocycles. The monoisotopic (exact) mass is 274 g/mol. The fourth-order valence-corrected chi connectivity index (χ4v) is 1.48. The third-order valence-corrected chi connectivity index (χ3v) is 2.48. The van der Waals surface area contributed by atoms with Crippen molar-refractivity contribution in [1.29, 1.82) is 0 Å². The standard InChI is InChI=1S/C12H22N2O5/c1-9(7-12(17)18)6-11(16)14(2)8-10(15)13-4-5-19-3/h9H,4-8H2,1-3H3,(H,13,15)(H,17,18). The first kappa shape index (κ1) is 17.4. The zero-order valence-electron chi connectivity index (χ0n) is 11.6. The van der Waals surface area contributed by atoms with Crippen molar-refractivity contribution < 1.29 is 24.2 Å². The van der Waals surface area contributed by atoms with Crippen LogP contribution in [0.5, 0.6) is 0 Å². The number of likely N-dealkylation sites (N-methyl/N-ethyl adjacent to an activating group) is 1. The van der Waals surface area contributed by atoms with E-state index in [1.165, 1.54) is 19.1 Å². The van der Waals surface area contributed by atoms with Gasteiger partial charge in [0.05, 0.1) is 13.2 Å². The van der Waals surface area contributed by atoms with Gasteiger partial charge in [-0.05, 0) is 5.92 Å². The van der Waals surface area contributed by atoms with Gasteiger partial charge in [-0.3, -0.25) is 14.4 Å². The molecule has 0 rings (SSSR count). The predicted molar refractivity (Wildman–Crippen MR) is 68.6 cm³/mol. The number of methoxy groups -OCH3 is 1. The normalized spacial score (nSPS) is 11.7. The summed E-state index contributed by atoms with van der Waals surface area (Å²) in [6.07, 6.45) is 0.0633. The van der Waals surface area contributed by atoms with Crippen molar-refractivity contribution >= 4 is 17.8 Å². The molecule has 0 aromatic carbocycles. The Morgan fingerprint density at radius 2 is 1.95 bits per heavy atom. The maximum absolute atomic E-state index is 11.7. The molecule has 0 spiro atoms. The average molecular weight is 274 g/mol. The van der Waals surface area contributed by atoms with Gasteiger partial charge < -0.3 is 20.1 Å². The molecule has 0 aliphatic heterocycles. The number of carboxylic acids is 1. The fourth-order valence-electron chi connectivity index (χ4n) is 1.48. The molecule has 19 heavy (non-hydrogen) atoms. The summed E-state index contributed by atoms with van der Waals surface area (Å²) in [7, 11) is 3.05. The number of ether oxygens (including phenoxy) is 1. The largest absolute Gasteiger partial charge is 0.481 e. The van der Waals surface area contributed by atoms with Gasteiger partial charge in [-0.25, -0.2) is 0 Å². The first-order valence-electron chi connectivity index (χ1n) is 6.08. The number of nitrogens with zero attached hydrogens (tertiary/aromatic N) is 1. The molecular weight excluding hydrogens is 252 g/mol. The minimum atomic E-state index is -0.930. The average Bonchev–Trinajstić information content (AvgIpc) is 2.27. The molecule has 110 valence electrons. The van der Waals surface area contributed by atoms with Crippen LogP contribution >= 0.6 is 0 Å². The van der Waals surface area contributed by atoms with Gasteiger partial charge in [-0.2, -0.15) is 0 Å². The zero-order chi connectivity index (χ0) is 14.8. The lowest BCUT2D eigenvalue weighted by Crippen LogP contribution is -2.39. The molecule has 7 heteroatoms. The maximum atomic E-state index is 11.7. The summed E-state index contributed by atoms with van der Waals surface area (Å²) in [5.41, 5.74) is 0. The Labute approximate surface area is 112 Å². The molecule has 1 unspecified atom stereocenters. The van der Waals surface area contributed by atoms with Crippen LogP contribution in [0.1, 0.15) is 19.8 Å². The minimum Gasteiger partial charge on any atom is -0.481 e. The number of carbonyl (C=O) groups excluding carboxylic acids is 2. The Balaban J connectivity index is 3.98. The van der Waals surface area contributed by atoms with Crippen LogP contribution in [0.3, 0.4) is 0 Å². The quantitative estimate of drug-likeness (QED) is 0.563. The smallest absolute Gasteiger partial charge is 0.303 e. The first-order valence-corrected chi connectivity index (χ1v) is 6.08. The fraction of sp³-hybridized carbons (Fsp3) is 0.750. The van der Waals surface area contributed by atoms with Gasteiger partial charge in [0, 0.05) is 33.5 Å². The van der Waals surface area contributed by atoms with Gasteiger partial charge in [-0.1, -0.05) is 6.92 Å². The molecule has 0 radical (unpaired) electrons. The topological polar surface area (TPSA) is 95.9 Å². The third-order valence-electron chi connectivity index (χ3n) is 2.48. The van der Waals surface area contributed by atoms with E-state index in [-0.39, 0.29) is 37.1 Å². The molecule has 0 fully saturated rings. The van der Waals surface area contributed by atoms with Crippen molar-refractivity contribution in [2.24, 2.45) is 5.92 Å². The van der Waals surface area contributed by atoms with Crippen LogP contribution in [0.4, 0.5) is 0 Å². The highest BCUT2D eigenvalue weighted by Crippen LogP contribution is 2.09. The van der Waals surface area contributed by atoms with E-state index in [4.69, 9.17) is 9.84 Å². The van der Waals surface area contributed by atoms with E-state index >= 15 is 0 Å². The molecule has 0 aromatic rings. The summed E-state index contributed by atoms with van der Waals surface area (Å²) in [6, 6.07) is 0. The summed E-state index contributed by atoms with van der Waals surface area (Å²) in [4.78, 5) is 34.9. The van der Waals surface area contributed by atoms with Crippen LogP contribution in [0, 0.1) is 5.92 Å². The van der Waals surface area contributed by atoms with E-state index in [2.05, 4.69) is 5.32 Å². The number of rotatable bonds is 9. The van der Waals surface area contributed by atoms with Gasteiger partial charge >= 0.3 is 5.97 Å². The van der Waals surface area contributed by atoms with Crippen molar-refractivity contribution in [3.05, 3.63) is 0 Å². The highest BCUT2D eigenvalue weighted by atomic mass is 16.5. The van der Waals surface area contributed by atoms with E-state index in [9.17, 15) is 14.4 Å².